The van der Waals surface area contributed by atoms with Gasteiger partial charge in [0.15, 0.2) is 0 Å². The van der Waals surface area contributed by atoms with Gasteiger partial charge in [0, 0.05) is 0 Å². The molecule has 160 valence electrons. The molecule has 0 atom stereocenters. The molecule has 0 aliphatic carbocycles. The lowest BCUT2D eigenvalue weighted by atomic mass is 10.0. The Morgan fingerprint density at radius 2 is 1.50 bits per heavy atom. The van der Waals surface area contributed by atoms with Gasteiger partial charge in [0.25, 0.3) is 0 Å². The zero-order valence-electron chi connectivity index (χ0n) is 16.9. The van der Waals surface area contributed by atoms with E-state index in [9.17, 15) is 13.2 Å². The molecule has 0 bridgehead atoms. The Bertz CT molecular complexity index is 657. The van der Waals surface area contributed by atoms with Crippen LogP contribution in [0.3, 0.4) is 0 Å². The van der Waals surface area contributed by atoms with E-state index in [1.807, 2.05) is 12.1 Å². The van der Waals surface area contributed by atoms with Gasteiger partial charge in [-0.2, -0.15) is 8.42 Å². The van der Waals surface area contributed by atoms with Gasteiger partial charge in [-0.05, 0) is 24.5 Å². The number of aryl methyl sites for hydroxylation is 1. The third-order valence-corrected chi connectivity index (χ3v) is 5.00. The topological polar surface area (TPSA) is 89.9 Å². The minimum absolute atomic E-state index is 0.258. The van der Waals surface area contributed by atoms with Crippen molar-refractivity contribution in [3.05, 3.63) is 29.8 Å². The highest BCUT2D eigenvalue weighted by Crippen LogP contribution is 2.21. The summed E-state index contributed by atoms with van der Waals surface area (Å²) in [5.74, 6) is -0.102. The maximum atomic E-state index is 11.8. The normalized spacial score (nSPS) is 11.5. The number of benzene rings is 1. The molecule has 0 fully saturated rings. The fraction of sp³-hybridized carbons (Fsp3) is 0.667. The Labute approximate surface area is 169 Å². The first-order chi connectivity index (χ1) is 13.4. The van der Waals surface area contributed by atoms with Gasteiger partial charge in [-0.25, -0.2) is 4.18 Å². The number of unbranched alkanes of at least 4 members (excludes halogenated alkanes) is 9. The average Bonchev–Trinajstić information content (AvgIpc) is 2.63. The summed E-state index contributed by atoms with van der Waals surface area (Å²) in [5.41, 5.74) is 0.964. The first-order valence-corrected chi connectivity index (χ1v) is 11.7. The van der Waals surface area contributed by atoms with Gasteiger partial charge in [-0.15, -0.1) is 0 Å². The molecule has 28 heavy (non-hydrogen) atoms. The maximum absolute atomic E-state index is 11.8. The minimum Gasteiger partial charge on any atom is -0.426 e. The van der Waals surface area contributed by atoms with Crippen molar-refractivity contribution >= 4 is 16.4 Å². The van der Waals surface area contributed by atoms with Crippen LogP contribution in [0.5, 0.6) is 5.75 Å². The van der Waals surface area contributed by atoms with E-state index >= 15 is 0 Å². The van der Waals surface area contributed by atoms with E-state index in [1.54, 1.807) is 12.1 Å². The summed E-state index contributed by atoms with van der Waals surface area (Å²) in [4.78, 5) is 11.8. The van der Waals surface area contributed by atoms with Crippen LogP contribution in [0.15, 0.2) is 24.3 Å². The predicted octanol–water partition coefficient (Wildman–Crippen LogP) is 5.26. The molecule has 0 aliphatic heterocycles. The molecule has 0 spiro atoms. The van der Waals surface area contributed by atoms with E-state index in [0.717, 1.165) is 24.8 Å². The predicted molar refractivity (Wildman–Crippen MR) is 110 cm³/mol. The Hall–Kier alpha value is -1.44. The Morgan fingerprint density at radius 3 is 2.11 bits per heavy atom. The van der Waals surface area contributed by atoms with Crippen molar-refractivity contribution < 1.29 is 26.7 Å². The van der Waals surface area contributed by atoms with Crippen LogP contribution in [0.2, 0.25) is 0 Å². The average molecular weight is 415 g/mol. The highest BCUT2D eigenvalue weighted by molar-refractivity contribution is 7.80. The van der Waals surface area contributed by atoms with E-state index in [4.69, 9.17) is 9.29 Å². The minimum atomic E-state index is -4.54. The first kappa shape index (κ1) is 24.6. The van der Waals surface area contributed by atoms with Gasteiger partial charge in [0.1, 0.15) is 5.75 Å². The summed E-state index contributed by atoms with van der Waals surface area (Å²) >= 11 is 0. The molecule has 1 aromatic rings. The fourth-order valence-electron chi connectivity index (χ4n) is 3.02. The van der Waals surface area contributed by atoms with E-state index in [2.05, 4.69) is 11.1 Å². The van der Waals surface area contributed by atoms with Crippen molar-refractivity contribution in [2.45, 2.75) is 84.0 Å². The van der Waals surface area contributed by atoms with Gasteiger partial charge >= 0.3 is 16.4 Å². The molecule has 0 heterocycles. The van der Waals surface area contributed by atoms with Gasteiger partial charge in [-0.1, -0.05) is 82.9 Å². The number of para-hydroxylation sites is 1. The molecule has 7 heteroatoms. The summed E-state index contributed by atoms with van der Waals surface area (Å²) in [6, 6.07) is 7.36. The Balaban J connectivity index is 2.23. The molecule has 0 saturated carbocycles. The van der Waals surface area contributed by atoms with Crippen molar-refractivity contribution in [3.63, 3.8) is 0 Å². The third kappa shape index (κ3) is 12.9. The molecule has 0 amide bonds. The molecular weight excluding hydrogens is 380 g/mol. The molecule has 0 saturated heterocycles. The molecule has 1 N–H and O–H groups in total. The SMILES string of the molecule is CCCCCCCCCCCCc1ccccc1OC(=O)CCOS(=O)(=O)O. The first-order valence-electron chi connectivity index (χ1n) is 10.3. The Morgan fingerprint density at radius 1 is 0.929 bits per heavy atom. The number of hydrogen-bond acceptors (Lipinski definition) is 5. The van der Waals surface area contributed by atoms with Crippen molar-refractivity contribution in [2.24, 2.45) is 0 Å². The number of esters is 1. The maximum Gasteiger partial charge on any atom is 0.397 e. The third-order valence-electron chi connectivity index (χ3n) is 4.53. The van der Waals surface area contributed by atoms with E-state index < -0.39 is 23.0 Å². The van der Waals surface area contributed by atoms with Gasteiger partial charge in [0.05, 0.1) is 13.0 Å². The van der Waals surface area contributed by atoms with E-state index in [-0.39, 0.29) is 6.42 Å². The van der Waals surface area contributed by atoms with Crippen LogP contribution in [-0.2, 0) is 25.8 Å². The second-order valence-electron chi connectivity index (χ2n) is 7.01. The monoisotopic (exact) mass is 414 g/mol. The lowest BCUT2D eigenvalue weighted by Gasteiger charge is -2.10. The van der Waals surface area contributed by atoms with Crippen LogP contribution >= 0.6 is 0 Å². The highest BCUT2D eigenvalue weighted by Gasteiger charge is 2.11. The largest absolute Gasteiger partial charge is 0.426 e. The molecule has 6 nitrogen and oxygen atoms in total. The molecule has 0 aromatic heterocycles. The zero-order chi connectivity index (χ0) is 20.7. The lowest BCUT2D eigenvalue weighted by Crippen LogP contribution is -2.14. The number of hydrogen-bond donors (Lipinski definition) is 1. The number of carbonyl (C=O) groups excluding carboxylic acids is 1. The van der Waals surface area contributed by atoms with Crippen LogP contribution in [0.1, 0.15) is 83.1 Å². The van der Waals surface area contributed by atoms with Crippen LogP contribution in [0.4, 0.5) is 0 Å². The van der Waals surface area contributed by atoms with Gasteiger partial charge in [0.2, 0.25) is 0 Å². The summed E-state index contributed by atoms with van der Waals surface area (Å²) < 4.78 is 38.9. The van der Waals surface area contributed by atoms with Gasteiger partial charge in [-0.3, -0.25) is 9.35 Å². The molecule has 0 radical (unpaired) electrons. The smallest absolute Gasteiger partial charge is 0.397 e. The van der Waals surface area contributed by atoms with Crippen LogP contribution in [0.25, 0.3) is 0 Å². The van der Waals surface area contributed by atoms with Crippen molar-refractivity contribution in [2.75, 3.05) is 6.61 Å². The number of ether oxygens (including phenoxy) is 1. The van der Waals surface area contributed by atoms with E-state index in [0.29, 0.717) is 5.75 Å². The van der Waals surface area contributed by atoms with Crippen molar-refractivity contribution in [3.8, 4) is 5.75 Å². The van der Waals surface area contributed by atoms with Crippen molar-refractivity contribution in [1.29, 1.82) is 0 Å². The summed E-state index contributed by atoms with van der Waals surface area (Å²) in [6.07, 6.45) is 13.2. The second-order valence-corrected chi connectivity index (χ2v) is 8.10. The lowest BCUT2D eigenvalue weighted by molar-refractivity contribution is -0.134. The van der Waals surface area contributed by atoms with Crippen LogP contribution < -0.4 is 4.74 Å². The summed E-state index contributed by atoms with van der Waals surface area (Å²) in [7, 11) is -4.54. The number of carbonyl (C=O) groups is 1. The standard InChI is InChI=1S/C21H34O6S/c1-2-3-4-5-6-7-8-9-10-11-14-19-15-12-13-16-20(19)27-21(22)17-18-26-28(23,24)25/h12-13,15-16H,2-11,14,17-18H2,1H3,(H,23,24,25). The quantitative estimate of drug-likeness (QED) is 0.172. The van der Waals surface area contributed by atoms with Gasteiger partial charge < -0.3 is 4.74 Å². The number of rotatable bonds is 16. The molecule has 0 unspecified atom stereocenters. The molecular formula is C21H34O6S. The molecule has 1 rings (SSSR count). The fourth-order valence-corrected chi connectivity index (χ4v) is 3.31. The summed E-state index contributed by atoms with van der Waals surface area (Å²) in [6.45, 7) is 1.79. The Kier molecular flexibility index (Phi) is 12.8. The van der Waals surface area contributed by atoms with Crippen LogP contribution in [0, 0.1) is 0 Å². The highest BCUT2D eigenvalue weighted by atomic mass is 32.3. The van der Waals surface area contributed by atoms with Crippen LogP contribution in [-0.4, -0.2) is 25.5 Å². The molecule has 1 aromatic carbocycles. The summed E-state index contributed by atoms with van der Waals surface area (Å²) in [5, 5.41) is 0. The molecule has 0 aliphatic rings. The zero-order valence-corrected chi connectivity index (χ0v) is 17.7. The van der Waals surface area contributed by atoms with E-state index in [1.165, 1.54) is 51.4 Å². The van der Waals surface area contributed by atoms with Crippen molar-refractivity contribution in [1.82, 2.24) is 0 Å². The second kappa shape index (κ2) is 14.5.